The van der Waals surface area contributed by atoms with Gasteiger partial charge in [0.2, 0.25) is 0 Å². The Kier molecular flexibility index (Phi) is 2.77. The number of nitrogens with zero attached hydrogens (tertiary/aromatic N) is 1. The highest BCUT2D eigenvalue weighted by Crippen LogP contribution is 2.42. The Morgan fingerprint density at radius 1 is 1.13 bits per heavy atom. The summed E-state index contributed by atoms with van der Waals surface area (Å²) in [6.45, 7) is 0. The molecule has 2 aliphatic carbocycles. The summed E-state index contributed by atoms with van der Waals surface area (Å²) in [4.78, 5) is 4.95. The summed E-state index contributed by atoms with van der Waals surface area (Å²) < 4.78 is 0. The zero-order valence-electron chi connectivity index (χ0n) is 9.19. The summed E-state index contributed by atoms with van der Waals surface area (Å²) in [6.07, 6.45) is 9.21. The molecule has 2 fully saturated rings. The fraction of sp³-hybridized carbons (Fsp3) is 0.917. The van der Waals surface area contributed by atoms with Crippen LogP contribution in [0.25, 0.3) is 0 Å². The largest absolute Gasteiger partial charge is 0.328 e. The van der Waals surface area contributed by atoms with Crippen LogP contribution in [-0.4, -0.2) is 22.4 Å². The van der Waals surface area contributed by atoms with E-state index in [1.807, 2.05) is 0 Å². The molecule has 0 spiro atoms. The maximum absolute atomic E-state index is 6.03. The van der Waals surface area contributed by atoms with E-state index in [9.17, 15) is 0 Å². The first-order valence-electron chi connectivity index (χ1n) is 6.33. The molecule has 0 aromatic heterocycles. The van der Waals surface area contributed by atoms with E-state index in [-0.39, 0.29) is 0 Å². The SMILES string of the molecule is NC1CCC2N=C(C3CCCC3)SC2C1. The average molecular weight is 224 g/mol. The number of hydrogen-bond acceptors (Lipinski definition) is 3. The van der Waals surface area contributed by atoms with Crippen LogP contribution in [0.5, 0.6) is 0 Å². The Hall–Kier alpha value is -0.0200. The minimum atomic E-state index is 0.442. The van der Waals surface area contributed by atoms with Crippen molar-refractivity contribution in [2.45, 2.75) is 62.3 Å². The van der Waals surface area contributed by atoms with Crippen molar-refractivity contribution in [3.05, 3.63) is 0 Å². The lowest BCUT2D eigenvalue weighted by molar-refractivity contribution is 0.411. The summed E-state index contributed by atoms with van der Waals surface area (Å²) in [5.41, 5.74) is 6.03. The van der Waals surface area contributed by atoms with Crippen molar-refractivity contribution >= 4 is 16.8 Å². The minimum Gasteiger partial charge on any atom is -0.328 e. The summed E-state index contributed by atoms with van der Waals surface area (Å²) in [7, 11) is 0. The van der Waals surface area contributed by atoms with Gasteiger partial charge in [0, 0.05) is 17.2 Å². The number of aliphatic imine (C=N–C) groups is 1. The highest BCUT2D eigenvalue weighted by molar-refractivity contribution is 8.14. The van der Waals surface area contributed by atoms with Gasteiger partial charge in [-0.05, 0) is 32.1 Å². The maximum Gasteiger partial charge on any atom is 0.0714 e. The van der Waals surface area contributed by atoms with Crippen molar-refractivity contribution in [2.75, 3.05) is 0 Å². The van der Waals surface area contributed by atoms with Crippen LogP contribution in [0.3, 0.4) is 0 Å². The van der Waals surface area contributed by atoms with Crippen LogP contribution in [0.4, 0.5) is 0 Å². The average Bonchev–Trinajstić information content (AvgIpc) is 2.84. The topological polar surface area (TPSA) is 38.4 Å². The molecule has 0 saturated heterocycles. The molecule has 84 valence electrons. The lowest BCUT2D eigenvalue weighted by Crippen LogP contribution is -2.35. The number of fused-ring (bicyclic) bond motifs is 1. The van der Waals surface area contributed by atoms with Crippen LogP contribution >= 0.6 is 11.8 Å². The second-order valence-electron chi connectivity index (χ2n) is 5.25. The van der Waals surface area contributed by atoms with Crippen molar-refractivity contribution in [1.29, 1.82) is 0 Å². The number of nitrogens with two attached hydrogens (primary N) is 1. The van der Waals surface area contributed by atoms with Crippen molar-refractivity contribution in [3.8, 4) is 0 Å². The van der Waals surface area contributed by atoms with E-state index in [1.54, 1.807) is 0 Å². The Balaban J connectivity index is 1.68. The summed E-state index contributed by atoms with van der Waals surface area (Å²) in [5.74, 6) is 0.817. The highest BCUT2D eigenvalue weighted by Gasteiger charge is 2.37. The van der Waals surface area contributed by atoms with Gasteiger partial charge in [-0.15, -0.1) is 11.8 Å². The number of thioether (sulfide) groups is 1. The van der Waals surface area contributed by atoms with Gasteiger partial charge in [0.25, 0.3) is 0 Å². The molecule has 3 rings (SSSR count). The molecule has 1 aliphatic heterocycles. The molecule has 2 nitrogen and oxygen atoms in total. The first-order valence-corrected chi connectivity index (χ1v) is 7.21. The van der Waals surface area contributed by atoms with Crippen LogP contribution in [0, 0.1) is 5.92 Å². The zero-order chi connectivity index (χ0) is 10.3. The monoisotopic (exact) mass is 224 g/mol. The van der Waals surface area contributed by atoms with Crippen LogP contribution in [0.15, 0.2) is 4.99 Å². The molecule has 3 aliphatic rings. The van der Waals surface area contributed by atoms with E-state index >= 15 is 0 Å². The van der Waals surface area contributed by atoms with Gasteiger partial charge in [0.15, 0.2) is 0 Å². The molecule has 0 aromatic carbocycles. The van der Waals surface area contributed by atoms with Crippen LogP contribution in [-0.2, 0) is 0 Å². The van der Waals surface area contributed by atoms with Crippen LogP contribution < -0.4 is 5.73 Å². The second kappa shape index (κ2) is 4.10. The van der Waals surface area contributed by atoms with Gasteiger partial charge in [-0.2, -0.15) is 0 Å². The minimum absolute atomic E-state index is 0.442. The van der Waals surface area contributed by atoms with Crippen molar-refractivity contribution in [1.82, 2.24) is 0 Å². The molecular formula is C12H20N2S. The van der Waals surface area contributed by atoms with Gasteiger partial charge in [-0.1, -0.05) is 12.8 Å². The van der Waals surface area contributed by atoms with Gasteiger partial charge in [0.05, 0.1) is 11.1 Å². The Morgan fingerprint density at radius 2 is 1.93 bits per heavy atom. The summed E-state index contributed by atoms with van der Waals surface area (Å²) in [5, 5.41) is 2.21. The first kappa shape index (κ1) is 10.2. The van der Waals surface area contributed by atoms with Gasteiger partial charge >= 0.3 is 0 Å². The van der Waals surface area contributed by atoms with E-state index in [0.29, 0.717) is 12.1 Å². The molecule has 1 heterocycles. The predicted molar refractivity (Wildman–Crippen MR) is 66.4 cm³/mol. The third kappa shape index (κ3) is 1.96. The Bertz CT molecular complexity index is 271. The van der Waals surface area contributed by atoms with Gasteiger partial charge in [-0.3, -0.25) is 4.99 Å². The predicted octanol–water partition coefficient (Wildman–Crippen LogP) is 2.57. The second-order valence-corrected chi connectivity index (χ2v) is 6.50. The van der Waals surface area contributed by atoms with Crippen LogP contribution in [0.1, 0.15) is 44.9 Å². The smallest absolute Gasteiger partial charge is 0.0714 e. The molecular weight excluding hydrogens is 204 g/mol. The van der Waals surface area contributed by atoms with E-state index in [0.717, 1.165) is 11.2 Å². The van der Waals surface area contributed by atoms with Crippen molar-refractivity contribution < 1.29 is 0 Å². The normalized spacial score (nSPS) is 41.7. The number of rotatable bonds is 1. The molecule has 0 bridgehead atoms. The van der Waals surface area contributed by atoms with Crippen molar-refractivity contribution in [2.24, 2.45) is 16.6 Å². The zero-order valence-corrected chi connectivity index (χ0v) is 10.0. The standard InChI is InChI=1S/C12H20N2S/c13-9-5-6-10-11(7-9)15-12(14-10)8-3-1-2-4-8/h8-11H,1-7,13H2. The highest BCUT2D eigenvalue weighted by atomic mass is 32.2. The molecule has 2 N–H and O–H groups in total. The van der Waals surface area contributed by atoms with Gasteiger partial charge in [0.1, 0.15) is 0 Å². The molecule has 2 saturated carbocycles. The Labute approximate surface area is 96.1 Å². The molecule has 3 atom stereocenters. The number of hydrogen-bond donors (Lipinski definition) is 1. The maximum atomic E-state index is 6.03. The molecule has 0 amide bonds. The molecule has 3 heteroatoms. The van der Waals surface area contributed by atoms with E-state index in [1.165, 1.54) is 50.0 Å². The lowest BCUT2D eigenvalue weighted by atomic mass is 9.92. The molecule has 15 heavy (non-hydrogen) atoms. The van der Waals surface area contributed by atoms with E-state index in [4.69, 9.17) is 10.7 Å². The van der Waals surface area contributed by atoms with E-state index in [2.05, 4.69) is 11.8 Å². The van der Waals surface area contributed by atoms with Crippen LogP contribution in [0.2, 0.25) is 0 Å². The van der Waals surface area contributed by atoms with Crippen molar-refractivity contribution in [3.63, 3.8) is 0 Å². The summed E-state index contributed by atoms with van der Waals surface area (Å²) in [6, 6.07) is 1.06. The van der Waals surface area contributed by atoms with Gasteiger partial charge in [-0.25, -0.2) is 0 Å². The fourth-order valence-corrected chi connectivity index (χ4v) is 4.77. The fourth-order valence-electron chi connectivity index (χ4n) is 3.14. The molecule has 0 aromatic rings. The lowest BCUT2D eigenvalue weighted by Gasteiger charge is -2.27. The Morgan fingerprint density at radius 3 is 2.73 bits per heavy atom. The molecule has 3 unspecified atom stereocenters. The van der Waals surface area contributed by atoms with Gasteiger partial charge < -0.3 is 5.73 Å². The first-order chi connectivity index (χ1) is 7.33. The molecule has 0 radical (unpaired) electrons. The summed E-state index contributed by atoms with van der Waals surface area (Å²) >= 11 is 2.07. The third-order valence-corrected chi connectivity index (χ3v) is 5.56. The van der Waals surface area contributed by atoms with E-state index < -0.39 is 0 Å². The quantitative estimate of drug-likeness (QED) is 0.743. The third-order valence-electron chi connectivity index (χ3n) is 4.07.